The van der Waals surface area contributed by atoms with Gasteiger partial charge in [0, 0.05) is 6.20 Å². The fourth-order valence-corrected chi connectivity index (χ4v) is 2.36. The van der Waals surface area contributed by atoms with Crippen molar-refractivity contribution in [1.29, 1.82) is 0 Å². The van der Waals surface area contributed by atoms with Crippen LogP contribution in [0.2, 0.25) is 0 Å². The molecule has 0 aliphatic heterocycles. The van der Waals surface area contributed by atoms with E-state index in [0.717, 1.165) is 5.56 Å². The molecule has 0 unspecified atom stereocenters. The second kappa shape index (κ2) is 4.17. The highest BCUT2D eigenvalue weighted by molar-refractivity contribution is 7.92. The van der Waals surface area contributed by atoms with Gasteiger partial charge in [-0.3, -0.25) is 9.71 Å². The molecule has 0 saturated heterocycles. The third-order valence-corrected chi connectivity index (χ3v) is 3.39. The van der Waals surface area contributed by atoms with E-state index < -0.39 is 10.0 Å². The molecular weight excluding hydrogens is 240 g/mol. The molecule has 0 aliphatic rings. The Labute approximate surface area is 99.2 Å². The number of aromatic amines is 1. The molecule has 7 heteroatoms. The first kappa shape index (κ1) is 11.6. The molecular formula is C10H12N4O2S. The van der Waals surface area contributed by atoms with Crippen LogP contribution in [0, 0.1) is 13.8 Å². The summed E-state index contributed by atoms with van der Waals surface area (Å²) in [4.78, 5) is 10.4. The highest BCUT2D eigenvalue weighted by atomic mass is 32.2. The van der Waals surface area contributed by atoms with Crippen molar-refractivity contribution in [2.24, 2.45) is 0 Å². The minimum absolute atomic E-state index is 0.0384. The average Bonchev–Trinajstić information content (AvgIpc) is 2.65. The largest absolute Gasteiger partial charge is 0.332 e. The predicted octanol–water partition coefficient (Wildman–Crippen LogP) is 1.22. The molecule has 0 radical (unpaired) electrons. The number of aromatic nitrogens is 3. The maximum atomic E-state index is 11.9. The summed E-state index contributed by atoms with van der Waals surface area (Å²) < 4.78 is 26.3. The van der Waals surface area contributed by atoms with E-state index in [2.05, 4.69) is 19.7 Å². The predicted molar refractivity (Wildman–Crippen MR) is 63.1 cm³/mol. The fraction of sp³-hybridized carbons (Fsp3) is 0.200. The molecule has 0 bridgehead atoms. The molecule has 2 aromatic rings. The molecule has 0 atom stereocenters. The number of rotatable bonds is 3. The SMILES string of the molecule is Cc1cncc(NS(=O)(=O)c2cnc(C)[nH]2)c1. The van der Waals surface area contributed by atoms with Crippen molar-refractivity contribution in [3.05, 3.63) is 36.0 Å². The zero-order valence-electron chi connectivity index (χ0n) is 9.43. The fourth-order valence-electron chi connectivity index (χ4n) is 1.36. The summed E-state index contributed by atoms with van der Waals surface area (Å²) in [5.41, 5.74) is 1.31. The van der Waals surface area contributed by atoms with Gasteiger partial charge in [0.1, 0.15) is 5.82 Å². The van der Waals surface area contributed by atoms with Gasteiger partial charge in [0.15, 0.2) is 5.03 Å². The van der Waals surface area contributed by atoms with Gasteiger partial charge in [0.2, 0.25) is 0 Å². The van der Waals surface area contributed by atoms with Gasteiger partial charge in [-0.2, -0.15) is 8.42 Å². The smallest absolute Gasteiger partial charge is 0.279 e. The van der Waals surface area contributed by atoms with Crippen molar-refractivity contribution in [3.63, 3.8) is 0 Å². The molecule has 0 spiro atoms. The standard InChI is InChI=1S/C10H12N4O2S/c1-7-3-9(5-11-4-7)14-17(15,16)10-6-12-8(2)13-10/h3-6,14H,1-2H3,(H,12,13). The van der Waals surface area contributed by atoms with E-state index in [0.29, 0.717) is 11.5 Å². The Morgan fingerprint density at radius 3 is 2.59 bits per heavy atom. The van der Waals surface area contributed by atoms with Crippen LogP contribution in [-0.2, 0) is 10.0 Å². The lowest BCUT2D eigenvalue weighted by molar-refractivity contribution is 0.598. The second-order valence-corrected chi connectivity index (χ2v) is 5.34. The molecule has 90 valence electrons. The zero-order chi connectivity index (χ0) is 12.5. The third kappa shape index (κ3) is 2.62. The first-order chi connectivity index (χ1) is 7.97. The minimum Gasteiger partial charge on any atom is -0.332 e. The lowest BCUT2D eigenvalue weighted by Gasteiger charge is -2.05. The average molecular weight is 252 g/mol. The molecule has 0 fully saturated rings. The molecule has 6 nitrogen and oxygen atoms in total. The lowest BCUT2D eigenvalue weighted by atomic mass is 10.3. The number of H-pyrrole nitrogens is 1. The van der Waals surface area contributed by atoms with E-state index in [1.165, 1.54) is 12.4 Å². The Balaban J connectivity index is 2.29. The van der Waals surface area contributed by atoms with E-state index in [-0.39, 0.29) is 5.03 Å². The van der Waals surface area contributed by atoms with Gasteiger partial charge < -0.3 is 4.98 Å². The molecule has 0 amide bonds. The number of hydrogen-bond donors (Lipinski definition) is 2. The van der Waals surface area contributed by atoms with Crippen LogP contribution in [0.3, 0.4) is 0 Å². The molecule has 17 heavy (non-hydrogen) atoms. The van der Waals surface area contributed by atoms with Crippen LogP contribution in [0.4, 0.5) is 5.69 Å². The van der Waals surface area contributed by atoms with Gasteiger partial charge in [-0.25, -0.2) is 4.98 Å². The highest BCUT2D eigenvalue weighted by Gasteiger charge is 2.16. The topological polar surface area (TPSA) is 87.7 Å². The maximum Gasteiger partial charge on any atom is 0.279 e. The van der Waals surface area contributed by atoms with Crippen LogP contribution in [0.1, 0.15) is 11.4 Å². The Morgan fingerprint density at radius 2 is 2.00 bits per heavy atom. The summed E-state index contributed by atoms with van der Waals surface area (Å²) >= 11 is 0. The Hall–Kier alpha value is -1.89. The van der Waals surface area contributed by atoms with Gasteiger partial charge in [-0.15, -0.1) is 0 Å². The molecule has 2 rings (SSSR count). The van der Waals surface area contributed by atoms with E-state index >= 15 is 0 Å². The number of aryl methyl sites for hydroxylation is 2. The minimum atomic E-state index is -3.62. The first-order valence-electron chi connectivity index (χ1n) is 4.93. The quantitative estimate of drug-likeness (QED) is 0.859. The molecule has 0 aliphatic carbocycles. The number of hydrogen-bond acceptors (Lipinski definition) is 4. The molecule has 2 N–H and O–H groups in total. The van der Waals surface area contributed by atoms with Gasteiger partial charge in [0.05, 0.1) is 18.1 Å². The second-order valence-electron chi connectivity index (χ2n) is 3.69. The Morgan fingerprint density at radius 1 is 1.24 bits per heavy atom. The normalized spacial score (nSPS) is 11.4. The van der Waals surface area contributed by atoms with Crippen molar-refractivity contribution < 1.29 is 8.42 Å². The van der Waals surface area contributed by atoms with E-state index in [1.54, 1.807) is 19.2 Å². The monoisotopic (exact) mass is 252 g/mol. The first-order valence-corrected chi connectivity index (χ1v) is 6.42. The van der Waals surface area contributed by atoms with Crippen molar-refractivity contribution in [2.45, 2.75) is 18.9 Å². The summed E-state index contributed by atoms with van der Waals surface area (Å²) in [5, 5.41) is 0.0384. The molecule has 2 aromatic heterocycles. The third-order valence-electron chi connectivity index (χ3n) is 2.10. The summed E-state index contributed by atoms with van der Waals surface area (Å²) in [5.74, 6) is 0.549. The number of nitrogens with one attached hydrogen (secondary N) is 2. The van der Waals surface area contributed by atoms with Gasteiger partial charge in [0.25, 0.3) is 10.0 Å². The summed E-state index contributed by atoms with van der Waals surface area (Å²) in [6.45, 7) is 3.53. The van der Waals surface area contributed by atoms with Crippen LogP contribution in [0.15, 0.2) is 29.7 Å². The molecule has 0 saturated carbocycles. The van der Waals surface area contributed by atoms with Crippen molar-refractivity contribution in [1.82, 2.24) is 15.0 Å². The maximum absolute atomic E-state index is 11.9. The summed E-state index contributed by atoms with van der Waals surface area (Å²) in [6.07, 6.45) is 4.38. The molecule has 2 heterocycles. The number of sulfonamides is 1. The Kier molecular flexibility index (Phi) is 2.84. The number of pyridine rings is 1. The van der Waals surface area contributed by atoms with Crippen LogP contribution in [0.5, 0.6) is 0 Å². The summed E-state index contributed by atoms with van der Waals surface area (Å²) in [7, 11) is -3.62. The lowest BCUT2D eigenvalue weighted by Crippen LogP contribution is -2.13. The van der Waals surface area contributed by atoms with Gasteiger partial charge in [-0.1, -0.05) is 0 Å². The zero-order valence-corrected chi connectivity index (χ0v) is 10.2. The van der Waals surface area contributed by atoms with Gasteiger partial charge in [-0.05, 0) is 25.5 Å². The number of anilines is 1. The van der Waals surface area contributed by atoms with Crippen molar-refractivity contribution >= 4 is 15.7 Å². The molecule has 0 aromatic carbocycles. The van der Waals surface area contributed by atoms with Gasteiger partial charge >= 0.3 is 0 Å². The van der Waals surface area contributed by atoms with Crippen LogP contribution in [0.25, 0.3) is 0 Å². The summed E-state index contributed by atoms with van der Waals surface area (Å²) in [6, 6.07) is 1.70. The van der Waals surface area contributed by atoms with Crippen LogP contribution >= 0.6 is 0 Å². The van der Waals surface area contributed by atoms with Crippen molar-refractivity contribution in [2.75, 3.05) is 4.72 Å². The van der Waals surface area contributed by atoms with Crippen LogP contribution < -0.4 is 4.72 Å². The Bertz CT molecular complexity index is 633. The van der Waals surface area contributed by atoms with Crippen LogP contribution in [-0.4, -0.2) is 23.4 Å². The highest BCUT2D eigenvalue weighted by Crippen LogP contribution is 2.14. The van der Waals surface area contributed by atoms with E-state index in [1.807, 2.05) is 6.92 Å². The number of nitrogens with zero attached hydrogens (tertiary/aromatic N) is 2. The van der Waals surface area contributed by atoms with E-state index in [9.17, 15) is 8.42 Å². The van der Waals surface area contributed by atoms with E-state index in [4.69, 9.17) is 0 Å². The van der Waals surface area contributed by atoms with Crippen molar-refractivity contribution in [3.8, 4) is 0 Å². The number of imidazole rings is 1.